The van der Waals surface area contributed by atoms with E-state index in [2.05, 4.69) is 19.4 Å². The Morgan fingerprint density at radius 1 is 1.23 bits per heavy atom. The molecule has 6 heteroatoms. The molecule has 1 N–H and O–H groups in total. The van der Waals surface area contributed by atoms with E-state index < -0.39 is 5.60 Å². The Labute approximate surface area is 156 Å². The van der Waals surface area contributed by atoms with E-state index in [1.54, 1.807) is 0 Å². The van der Waals surface area contributed by atoms with Gasteiger partial charge in [0.25, 0.3) is 0 Å². The highest BCUT2D eigenvalue weighted by atomic mass is 16.3. The van der Waals surface area contributed by atoms with Gasteiger partial charge in [0.1, 0.15) is 5.82 Å². The van der Waals surface area contributed by atoms with Crippen LogP contribution in [0, 0.1) is 18.8 Å². The van der Waals surface area contributed by atoms with Crippen molar-refractivity contribution in [3.8, 4) is 0 Å². The lowest BCUT2D eigenvalue weighted by Gasteiger charge is -2.50. The third-order valence-corrected chi connectivity index (χ3v) is 6.95. The van der Waals surface area contributed by atoms with Gasteiger partial charge in [-0.3, -0.25) is 4.79 Å². The molecule has 0 unspecified atom stereocenters. The molecule has 26 heavy (non-hydrogen) atoms. The number of amides is 1. The van der Waals surface area contributed by atoms with Gasteiger partial charge in [0.05, 0.1) is 5.60 Å². The molecule has 3 heterocycles. The largest absolute Gasteiger partial charge is 0.389 e. The second-order valence-electron chi connectivity index (χ2n) is 8.53. The van der Waals surface area contributed by atoms with Crippen LogP contribution in [0.1, 0.15) is 44.3 Å². The monoisotopic (exact) mass is 360 g/mol. The van der Waals surface area contributed by atoms with E-state index in [0.29, 0.717) is 5.91 Å². The highest BCUT2D eigenvalue weighted by Gasteiger charge is 2.46. The molecule has 0 bridgehead atoms. The Bertz CT molecular complexity index is 640. The van der Waals surface area contributed by atoms with Crippen molar-refractivity contribution in [2.45, 2.75) is 57.6 Å². The fourth-order valence-electron chi connectivity index (χ4n) is 5.09. The van der Waals surface area contributed by atoms with Crippen molar-refractivity contribution in [1.82, 2.24) is 19.4 Å². The summed E-state index contributed by atoms with van der Waals surface area (Å²) in [4.78, 5) is 21.6. The summed E-state index contributed by atoms with van der Waals surface area (Å²) < 4.78 is 2.18. The van der Waals surface area contributed by atoms with Crippen LogP contribution in [0.5, 0.6) is 0 Å². The molecule has 1 aromatic heterocycles. The predicted octanol–water partition coefficient (Wildman–Crippen LogP) is 1.67. The number of nitrogens with zero attached hydrogens (tertiary/aromatic N) is 4. The summed E-state index contributed by atoms with van der Waals surface area (Å²) in [5, 5.41) is 11.1. The van der Waals surface area contributed by atoms with Crippen LogP contribution in [0.15, 0.2) is 12.4 Å². The maximum absolute atomic E-state index is 12.8. The Balaban J connectivity index is 1.35. The molecule has 1 aliphatic carbocycles. The van der Waals surface area contributed by atoms with Gasteiger partial charge in [-0.05, 0) is 32.6 Å². The number of hydrogen-bond donors (Lipinski definition) is 1. The average Bonchev–Trinajstić information content (AvgIpc) is 3.31. The molecule has 1 aromatic rings. The molecule has 4 rings (SSSR count). The van der Waals surface area contributed by atoms with E-state index in [1.165, 1.54) is 12.8 Å². The Morgan fingerprint density at radius 3 is 2.73 bits per heavy atom. The average molecular weight is 361 g/mol. The summed E-state index contributed by atoms with van der Waals surface area (Å²) in [6, 6.07) is 0. The van der Waals surface area contributed by atoms with Crippen LogP contribution in [0.25, 0.3) is 0 Å². The van der Waals surface area contributed by atoms with Crippen LogP contribution in [-0.2, 0) is 11.3 Å². The Morgan fingerprint density at radius 2 is 2.00 bits per heavy atom. The summed E-state index contributed by atoms with van der Waals surface area (Å²) in [7, 11) is 0. The van der Waals surface area contributed by atoms with Crippen LogP contribution >= 0.6 is 0 Å². The lowest BCUT2D eigenvalue weighted by atomic mass is 9.75. The van der Waals surface area contributed by atoms with Gasteiger partial charge in [0.2, 0.25) is 5.91 Å². The summed E-state index contributed by atoms with van der Waals surface area (Å²) in [6.07, 6.45) is 9.94. The number of imidazole rings is 1. The molecule has 0 radical (unpaired) electrons. The van der Waals surface area contributed by atoms with Gasteiger partial charge in [-0.25, -0.2) is 4.98 Å². The summed E-state index contributed by atoms with van der Waals surface area (Å²) in [5.41, 5.74) is -0.576. The van der Waals surface area contributed by atoms with E-state index in [-0.39, 0.29) is 11.8 Å². The van der Waals surface area contributed by atoms with E-state index >= 15 is 0 Å². The van der Waals surface area contributed by atoms with Crippen molar-refractivity contribution >= 4 is 5.91 Å². The third-order valence-electron chi connectivity index (χ3n) is 6.95. The number of carbonyl (C=O) groups excluding carboxylic acids is 1. The van der Waals surface area contributed by atoms with Crippen LogP contribution in [-0.4, -0.2) is 68.7 Å². The first-order valence-corrected chi connectivity index (χ1v) is 10.3. The first-order valence-electron chi connectivity index (χ1n) is 10.3. The van der Waals surface area contributed by atoms with Crippen LogP contribution < -0.4 is 0 Å². The van der Waals surface area contributed by atoms with E-state index in [4.69, 9.17) is 0 Å². The van der Waals surface area contributed by atoms with Crippen molar-refractivity contribution < 1.29 is 9.90 Å². The smallest absolute Gasteiger partial charge is 0.225 e. The highest BCUT2D eigenvalue weighted by molar-refractivity contribution is 5.79. The van der Waals surface area contributed by atoms with Gasteiger partial charge in [-0.1, -0.05) is 12.8 Å². The number of fused-ring (bicyclic) bond motifs is 1. The SMILES string of the molecule is Cc1nccn1CCN1CC[C@@]2(O)CCN(C(=O)C3CCCC3)C[C@H]2C1. The molecule has 6 nitrogen and oxygen atoms in total. The van der Waals surface area contributed by atoms with Crippen molar-refractivity contribution in [2.24, 2.45) is 11.8 Å². The second kappa shape index (κ2) is 7.31. The van der Waals surface area contributed by atoms with Crippen molar-refractivity contribution in [2.75, 3.05) is 32.7 Å². The number of rotatable bonds is 4. The zero-order chi connectivity index (χ0) is 18.1. The number of likely N-dealkylation sites (tertiary alicyclic amines) is 2. The lowest BCUT2D eigenvalue weighted by molar-refractivity contribution is -0.150. The number of carbonyl (C=O) groups is 1. The maximum Gasteiger partial charge on any atom is 0.225 e. The number of aliphatic hydroxyl groups is 1. The molecule has 144 valence electrons. The minimum atomic E-state index is -0.576. The second-order valence-corrected chi connectivity index (χ2v) is 8.53. The molecule has 3 fully saturated rings. The van der Waals surface area contributed by atoms with E-state index in [1.807, 2.05) is 19.3 Å². The number of piperidine rings is 2. The van der Waals surface area contributed by atoms with Gasteiger partial charge in [0.15, 0.2) is 0 Å². The molecule has 2 atom stereocenters. The lowest BCUT2D eigenvalue weighted by Crippen LogP contribution is -2.61. The summed E-state index contributed by atoms with van der Waals surface area (Å²) in [5.74, 6) is 1.81. The van der Waals surface area contributed by atoms with Crippen LogP contribution in [0.4, 0.5) is 0 Å². The Kier molecular flexibility index (Phi) is 5.06. The molecule has 0 aromatic carbocycles. The van der Waals surface area contributed by atoms with Crippen LogP contribution in [0.3, 0.4) is 0 Å². The molecule has 0 spiro atoms. The molecule has 3 aliphatic rings. The fourth-order valence-corrected chi connectivity index (χ4v) is 5.09. The van der Waals surface area contributed by atoms with Gasteiger partial charge < -0.3 is 19.5 Å². The van der Waals surface area contributed by atoms with Gasteiger partial charge in [-0.15, -0.1) is 0 Å². The zero-order valence-electron chi connectivity index (χ0n) is 15.9. The number of aryl methyl sites for hydroxylation is 1. The van der Waals surface area contributed by atoms with Gasteiger partial charge in [0, 0.05) is 63.5 Å². The summed E-state index contributed by atoms with van der Waals surface area (Å²) in [6.45, 7) is 7.23. The quantitative estimate of drug-likeness (QED) is 0.887. The maximum atomic E-state index is 12.8. The molecule has 1 amide bonds. The predicted molar refractivity (Wildman–Crippen MR) is 99.6 cm³/mol. The first-order chi connectivity index (χ1) is 12.5. The normalized spacial score (nSPS) is 30.5. The number of aromatic nitrogens is 2. The zero-order valence-corrected chi connectivity index (χ0v) is 15.9. The summed E-state index contributed by atoms with van der Waals surface area (Å²) >= 11 is 0. The molecular weight excluding hydrogens is 328 g/mol. The topological polar surface area (TPSA) is 61.6 Å². The number of hydrogen-bond acceptors (Lipinski definition) is 4. The molecule has 1 saturated carbocycles. The molecule has 2 aliphatic heterocycles. The van der Waals surface area contributed by atoms with Crippen molar-refractivity contribution in [3.05, 3.63) is 18.2 Å². The van der Waals surface area contributed by atoms with Crippen molar-refractivity contribution in [1.29, 1.82) is 0 Å². The third kappa shape index (κ3) is 3.54. The van der Waals surface area contributed by atoms with E-state index in [0.717, 1.165) is 70.8 Å². The van der Waals surface area contributed by atoms with Gasteiger partial charge in [-0.2, -0.15) is 0 Å². The minimum Gasteiger partial charge on any atom is -0.389 e. The van der Waals surface area contributed by atoms with Crippen molar-refractivity contribution in [3.63, 3.8) is 0 Å². The van der Waals surface area contributed by atoms with Crippen LogP contribution in [0.2, 0.25) is 0 Å². The molecular formula is C20H32N4O2. The fraction of sp³-hybridized carbons (Fsp3) is 0.800. The minimum absolute atomic E-state index is 0.180. The van der Waals surface area contributed by atoms with Gasteiger partial charge >= 0.3 is 0 Å². The standard InChI is InChI=1S/C20H32N4O2/c1-16-21-8-11-23(16)13-12-22-9-6-20(26)7-10-24(15-18(20)14-22)19(25)17-4-2-3-5-17/h8,11,17-18,26H,2-7,9-10,12-15H2,1H3/t18-,20-/m1/s1. The Hall–Kier alpha value is -1.40. The highest BCUT2D eigenvalue weighted by Crippen LogP contribution is 2.37. The molecule has 2 saturated heterocycles. The first kappa shape index (κ1) is 18.0. The van der Waals surface area contributed by atoms with E-state index in [9.17, 15) is 9.90 Å².